The van der Waals surface area contributed by atoms with Gasteiger partial charge in [0, 0.05) is 12.1 Å². The number of hydrogen-bond acceptors (Lipinski definition) is 3. The van der Waals surface area contributed by atoms with Gasteiger partial charge in [-0.15, -0.1) is 11.3 Å². The van der Waals surface area contributed by atoms with Crippen molar-refractivity contribution < 1.29 is 9.59 Å². The fraction of sp³-hybridized carbons (Fsp3) is 0.250. The Bertz CT molecular complexity index is 695. The summed E-state index contributed by atoms with van der Waals surface area (Å²) < 4.78 is 0.924. The summed E-state index contributed by atoms with van der Waals surface area (Å²) in [6.45, 7) is 0.114. The van der Waals surface area contributed by atoms with Gasteiger partial charge >= 0.3 is 0 Å². The van der Waals surface area contributed by atoms with Crippen LogP contribution in [0.3, 0.4) is 0 Å². The summed E-state index contributed by atoms with van der Waals surface area (Å²) in [7, 11) is 0. The molecular formula is C16H14BrNO2S. The summed E-state index contributed by atoms with van der Waals surface area (Å²) in [5.41, 5.74) is 2.02. The minimum Gasteiger partial charge on any atom is -0.304 e. The number of anilines is 1. The molecule has 0 atom stereocenters. The maximum absolute atomic E-state index is 12.4. The number of thiophene rings is 1. The SMILES string of the molecule is O=C(CN1C(=O)CCCc2ccccc21)c1ccc(Br)s1. The Labute approximate surface area is 135 Å². The second-order valence-electron chi connectivity index (χ2n) is 4.99. The lowest BCUT2D eigenvalue weighted by Crippen LogP contribution is -2.35. The van der Waals surface area contributed by atoms with Gasteiger partial charge in [0.2, 0.25) is 5.91 Å². The Morgan fingerprint density at radius 3 is 2.76 bits per heavy atom. The zero-order chi connectivity index (χ0) is 14.8. The Morgan fingerprint density at radius 1 is 1.19 bits per heavy atom. The number of ketones is 1. The molecule has 1 aliphatic heterocycles. The topological polar surface area (TPSA) is 37.4 Å². The lowest BCUT2D eigenvalue weighted by molar-refractivity contribution is -0.118. The zero-order valence-corrected chi connectivity index (χ0v) is 13.7. The van der Waals surface area contributed by atoms with Crippen LogP contribution in [-0.4, -0.2) is 18.2 Å². The summed E-state index contributed by atoms with van der Waals surface area (Å²) in [5, 5.41) is 0. The second kappa shape index (κ2) is 6.12. The molecule has 1 aromatic heterocycles. The molecular weight excluding hydrogens is 350 g/mol. The van der Waals surface area contributed by atoms with Gasteiger partial charge in [0.15, 0.2) is 5.78 Å². The Hall–Kier alpha value is -1.46. The van der Waals surface area contributed by atoms with Gasteiger partial charge in [0.05, 0.1) is 15.2 Å². The van der Waals surface area contributed by atoms with Crippen LogP contribution < -0.4 is 4.90 Å². The standard InChI is InChI=1S/C16H14BrNO2S/c17-15-9-8-14(21-15)13(19)10-18-12-6-2-1-4-11(12)5-3-7-16(18)20/h1-2,4,6,8-9H,3,5,7,10H2. The summed E-state index contributed by atoms with van der Waals surface area (Å²) in [6.07, 6.45) is 2.22. The molecule has 0 radical (unpaired) electrons. The first-order valence-electron chi connectivity index (χ1n) is 6.82. The Kier molecular flexibility index (Phi) is 4.22. The number of hydrogen-bond donors (Lipinski definition) is 0. The van der Waals surface area contributed by atoms with E-state index in [-0.39, 0.29) is 18.2 Å². The van der Waals surface area contributed by atoms with E-state index >= 15 is 0 Å². The molecule has 3 rings (SSSR count). The van der Waals surface area contributed by atoms with Crippen molar-refractivity contribution in [2.24, 2.45) is 0 Å². The van der Waals surface area contributed by atoms with Crippen LogP contribution in [0.15, 0.2) is 40.2 Å². The highest BCUT2D eigenvalue weighted by Crippen LogP contribution is 2.28. The molecule has 0 N–H and O–H groups in total. The third-order valence-electron chi connectivity index (χ3n) is 3.57. The monoisotopic (exact) mass is 363 g/mol. The van der Waals surface area contributed by atoms with E-state index < -0.39 is 0 Å². The zero-order valence-electron chi connectivity index (χ0n) is 11.3. The van der Waals surface area contributed by atoms with E-state index in [9.17, 15) is 9.59 Å². The summed E-state index contributed by atoms with van der Waals surface area (Å²) in [6, 6.07) is 11.5. The molecule has 5 heteroatoms. The number of Topliss-reactive ketones (excluding diaryl/α,β-unsaturated/α-hetero) is 1. The number of carbonyl (C=O) groups excluding carboxylic acids is 2. The van der Waals surface area contributed by atoms with Gasteiger partial charge in [-0.05, 0) is 52.5 Å². The van der Waals surface area contributed by atoms with E-state index in [1.807, 2.05) is 30.3 Å². The van der Waals surface area contributed by atoms with Crippen molar-refractivity contribution in [1.29, 1.82) is 0 Å². The van der Waals surface area contributed by atoms with E-state index in [4.69, 9.17) is 0 Å². The predicted molar refractivity (Wildman–Crippen MR) is 88.1 cm³/mol. The van der Waals surface area contributed by atoms with Crippen molar-refractivity contribution in [3.05, 3.63) is 50.6 Å². The summed E-state index contributed by atoms with van der Waals surface area (Å²) in [5.74, 6) is 0.0136. The molecule has 108 valence electrons. The number of amides is 1. The molecule has 2 aromatic rings. The van der Waals surface area contributed by atoms with Crippen molar-refractivity contribution in [2.75, 3.05) is 11.4 Å². The fourth-order valence-corrected chi connectivity index (χ4v) is 3.86. The van der Waals surface area contributed by atoms with Crippen molar-refractivity contribution in [3.8, 4) is 0 Å². The molecule has 21 heavy (non-hydrogen) atoms. The first-order chi connectivity index (χ1) is 10.1. The van der Waals surface area contributed by atoms with Crippen LogP contribution in [0, 0.1) is 0 Å². The maximum atomic E-state index is 12.4. The molecule has 1 aliphatic rings. The largest absolute Gasteiger partial charge is 0.304 e. The highest BCUT2D eigenvalue weighted by Gasteiger charge is 2.24. The Balaban J connectivity index is 1.89. The first kappa shape index (κ1) is 14.5. The van der Waals surface area contributed by atoms with Crippen molar-refractivity contribution in [3.63, 3.8) is 0 Å². The fourth-order valence-electron chi connectivity index (χ4n) is 2.54. The van der Waals surface area contributed by atoms with E-state index in [0.717, 1.165) is 27.9 Å². The number of aryl methyl sites for hydroxylation is 1. The molecule has 0 saturated heterocycles. The van der Waals surface area contributed by atoms with E-state index in [2.05, 4.69) is 15.9 Å². The van der Waals surface area contributed by atoms with Crippen molar-refractivity contribution in [2.45, 2.75) is 19.3 Å². The number of halogens is 1. The molecule has 0 aliphatic carbocycles. The molecule has 0 bridgehead atoms. The van der Waals surface area contributed by atoms with Gasteiger partial charge in [-0.2, -0.15) is 0 Å². The van der Waals surface area contributed by atoms with Crippen LogP contribution >= 0.6 is 27.3 Å². The minimum atomic E-state index is -0.0178. The van der Waals surface area contributed by atoms with Crippen LogP contribution in [0.4, 0.5) is 5.69 Å². The lowest BCUT2D eigenvalue weighted by Gasteiger charge is -2.22. The number of benzene rings is 1. The third-order valence-corrected chi connectivity index (χ3v) is 5.23. The molecule has 2 heterocycles. The molecule has 0 unspecified atom stereocenters. The lowest BCUT2D eigenvalue weighted by atomic mass is 10.1. The second-order valence-corrected chi connectivity index (χ2v) is 7.45. The highest BCUT2D eigenvalue weighted by molar-refractivity contribution is 9.11. The quantitative estimate of drug-likeness (QED) is 0.771. The number of fused-ring (bicyclic) bond motifs is 1. The van der Waals surface area contributed by atoms with Crippen molar-refractivity contribution in [1.82, 2.24) is 0 Å². The molecule has 0 spiro atoms. The highest BCUT2D eigenvalue weighted by atomic mass is 79.9. The van der Waals surface area contributed by atoms with Crippen LogP contribution in [0.2, 0.25) is 0 Å². The van der Waals surface area contributed by atoms with Gasteiger partial charge in [-0.1, -0.05) is 18.2 Å². The van der Waals surface area contributed by atoms with Gasteiger partial charge in [0.25, 0.3) is 0 Å². The van der Waals surface area contributed by atoms with E-state index in [1.165, 1.54) is 11.3 Å². The van der Waals surface area contributed by atoms with Crippen molar-refractivity contribution >= 4 is 44.6 Å². The number of carbonyl (C=O) groups is 2. The van der Waals surface area contributed by atoms with E-state index in [0.29, 0.717) is 11.3 Å². The molecule has 1 amide bonds. The molecule has 1 aromatic carbocycles. The molecule has 3 nitrogen and oxygen atoms in total. The minimum absolute atomic E-state index is 0.0178. The van der Waals surface area contributed by atoms with Gasteiger partial charge in [0.1, 0.15) is 0 Å². The normalized spacial score (nSPS) is 14.7. The van der Waals surface area contributed by atoms with Gasteiger partial charge in [-0.25, -0.2) is 0 Å². The van der Waals surface area contributed by atoms with E-state index in [1.54, 1.807) is 11.0 Å². The predicted octanol–water partition coefficient (Wildman–Crippen LogP) is 4.06. The number of nitrogens with zero attached hydrogens (tertiary/aromatic N) is 1. The number of para-hydroxylation sites is 1. The molecule has 0 saturated carbocycles. The summed E-state index contributed by atoms with van der Waals surface area (Å²) in [4.78, 5) is 27.0. The average Bonchev–Trinajstić information content (AvgIpc) is 2.85. The first-order valence-corrected chi connectivity index (χ1v) is 8.43. The van der Waals surface area contributed by atoms with Gasteiger partial charge in [-0.3, -0.25) is 9.59 Å². The van der Waals surface area contributed by atoms with Crippen LogP contribution in [0.25, 0.3) is 0 Å². The third kappa shape index (κ3) is 3.09. The number of rotatable bonds is 3. The van der Waals surface area contributed by atoms with Crippen LogP contribution in [0.5, 0.6) is 0 Å². The molecule has 0 fully saturated rings. The van der Waals surface area contributed by atoms with Gasteiger partial charge < -0.3 is 4.90 Å². The van der Waals surface area contributed by atoms with Crippen LogP contribution in [0.1, 0.15) is 28.1 Å². The van der Waals surface area contributed by atoms with Crippen LogP contribution in [-0.2, 0) is 11.2 Å². The Morgan fingerprint density at radius 2 is 2.00 bits per heavy atom. The average molecular weight is 364 g/mol. The smallest absolute Gasteiger partial charge is 0.227 e. The summed E-state index contributed by atoms with van der Waals surface area (Å²) >= 11 is 4.76. The maximum Gasteiger partial charge on any atom is 0.227 e.